The van der Waals surface area contributed by atoms with E-state index in [9.17, 15) is 14.7 Å². The van der Waals surface area contributed by atoms with Crippen LogP contribution in [-0.2, 0) is 14.3 Å². The van der Waals surface area contributed by atoms with Crippen LogP contribution in [0, 0.1) is 17.3 Å². The molecule has 104 valence electrons. The highest BCUT2D eigenvalue weighted by molar-refractivity contribution is 6.01. The molecule has 0 aromatic heterocycles. The summed E-state index contributed by atoms with van der Waals surface area (Å²) in [7, 11) is 0. The van der Waals surface area contributed by atoms with E-state index in [4.69, 9.17) is 4.74 Å². The summed E-state index contributed by atoms with van der Waals surface area (Å²) in [6.07, 6.45) is 0.749. The first-order valence-corrected chi connectivity index (χ1v) is 6.99. The summed E-state index contributed by atoms with van der Waals surface area (Å²) in [5, 5.41) is 10.4. The molecular formula is C15H20O4. The summed E-state index contributed by atoms with van der Waals surface area (Å²) < 4.78 is 5.51. The molecule has 0 unspecified atom stereocenters. The van der Waals surface area contributed by atoms with E-state index in [-0.39, 0.29) is 41.5 Å². The average molecular weight is 264 g/mol. The Morgan fingerprint density at radius 3 is 2.68 bits per heavy atom. The normalized spacial score (nSPS) is 45.9. The summed E-state index contributed by atoms with van der Waals surface area (Å²) >= 11 is 0. The number of rotatable bonds is 0. The maximum Gasteiger partial charge on any atom is 0.310 e. The first-order valence-electron chi connectivity index (χ1n) is 6.99. The average Bonchev–Trinajstić information content (AvgIpc) is 2.35. The fourth-order valence-electron chi connectivity index (χ4n) is 4.52. The van der Waals surface area contributed by atoms with Gasteiger partial charge < -0.3 is 9.84 Å². The van der Waals surface area contributed by atoms with Crippen molar-refractivity contribution < 1.29 is 19.4 Å². The van der Waals surface area contributed by atoms with Gasteiger partial charge in [-0.15, -0.1) is 0 Å². The third kappa shape index (κ3) is 1.49. The first-order chi connectivity index (χ1) is 8.87. The molecule has 0 bridgehead atoms. The molecule has 1 heterocycles. The number of ketones is 1. The number of Topliss-reactive ketones (excluding diaryl/α,β-unsaturated/α-hetero) is 1. The molecule has 0 amide bonds. The fourth-order valence-corrected chi connectivity index (χ4v) is 4.52. The van der Waals surface area contributed by atoms with Crippen LogP contribution in [0.5, 0.6) is 0 Å². The van der Waals surface area contributed by atoms with Crippen LogP contribution in [0.1, 0.15) is 40.0 Å². The molecule has 2 fully saturated rings. The number of carbonyl (C=O) groups is 2. The lowest BCUT2D eigenvalue weighted by molar-refractivity contribution is -0.179. The predicted molar refractivity (Wildman–Crippen MR) is 68.2 cm³/mol. The van der Waals surface area contributed by atoms with E-state index in [0.29, 0.717) is 5.57 Å². The van der Waals surface area contributed by atoms with E-state index in [2.05, 4.69) is 13.8 Å². The lowest BCUT2D eigenvalue weighted by atomic mass is 9.51. The molecule has 19 heavy (non-hydrogen) atoms. The van der Waals surface area contributed by atoms with Crippen molar-refractivity contribution in [1.82, 2.24) is 0 Å². The largest absolute Gasteiger partial charge is 0.461 e. The van der Waals surface area contributed by atoms with E-state index >= 15 is 0 Å². The maximum atomic E-state index is 12.2. The summed E-state index contributed by atoms with van der Waals surface area (Å²) in [5.41, 5.74) is 1.10. The second-order valence-corrected chi connectivity index (χ2v) is 6.43. The highest BCUT2D eigenvalue weighted by Gasteiger charge is 2.60. The highest BCUT2D eigenvalue weighted by Crippen LogP contribution is 2.57. The summed E-state index contributed by atoms with van der Waals surface area (Å²) in [6, 6.07) is 0. The molecule has 1 N–H and O–H groups in total. The zero-order valence-corrected chi connectivity index (χ0v) is 11.6. The predicted octanol–water partition coefficient (Wildman–Crippen LogP) is 1.61. The van der Waals surface area contributed by atoms with Crippen LogP contribution in [-0.4, -0.2) is 29.1 Å². The summed E-state index contributed by atoms with van der Waals surface area (Å²) in [5.74, 6) is -0.320. The van der Waals surface area contributed by atoms with Crippen LogP contribution < -0.4 is 0 Å². The molecule has 0 aromatic rings. The zero-order chi connectivity index (χ0) is 13.9. The molecule has 5 atom stereocenters. The number of hydrogen-bond donors (Lipinski definition) is 1. The molecule has 4 heteroatoms. The molecule has 3 aliphatic rings. The highest BCUT2D eigenvalue weighted by atomic mass is 16.5. The van der Waals surface area contributed by atoms with E-state index < -0.39 is 6.10 Å². The van der Waals surface area contributed by atoms with Crippen molar-refractivity contribution in [2.24, 2.45) is 17.3 Å². The van der Waals surface area contributed by atoms with Gasteiger partial charge in [-0.05, 0) is 36.8 Å². The van der Waals surface area contributed by atoms with Gasteiger partial charge in [-0.2, -0.15) is 0 Å². The minimum Gasteiger partial charge on any atom is -0.461 e. The van der Waals surface area contributed by atoms with Gasteiger partial charge in [0.25, 0.3) is 0 Å². The number of esters is 1. The van der Waals surface area contributed by atoms with Crippen LogP contribution in [0.25, 0.3) is 0 Å². The van der Waals surface area contributed by atoms with Gasteiger partial charge in [0.1, 0.15) is 12.2 Å². The zero-order valence-electron chi connectivity index (χ0n) is 11.6. The van der Waals surface area contributed by atoms with Crippen LogP contribution >= 0.6 is 0 Å². The molecular weight excluding hydrogens is 244 g/mol. The van der Waals surface area contributed by atoms with Crippen molar-refractivity contribution in [3.8, 4) is 0 Å². The number of carbonyl (C=O) groups excluding carboxylic acids is 2. The van der Waals surface area contributed by atoms with E-state index in [1.54, 1.807) is 6.92 Å². The maximum absolute atomic E-state index is 12.2. The number of aliphatic hydroxyl groups excluding tert-OH is 1. The summed E-state index contributed by atoms with van der Waals surface area (Å²) in [4.78, 5) is 24.0. The van der Waals surface area contributed by atoms with Crippen molar-refractivity contribution >= 4 is 11.8 Å². The topological polar surface area (TPSA) is 63.6 Å². The minimum atomic E-state index is -0.955. The Bertz CT molecular complexity index is 492. The molecule has 1 saturated heterocycles. The van der Waals surface area contributed by atoms with Crippen molar-refractivity contribution in [2.75, 3.05) is 0 Å². The number of aliphatic hydroxyl groups is 1. The number of hydrogen-bond acceptors (Lipinski definition) is 4. The minimum absolute atomic E-state index is 0.134. The van der Waals surface area contributed by atoms with Gasteiger partial charge in [0.05, 0.1) is 6.42 Å². The molecule has 0 aromatic carbocycles. The Hall–Kier alpha value is -1.16. The molecule has 0 radical (unpaired) electrons. The van der Waals surface area contributed by atoms with Gasteiger partial charge in [-0.3, -0.25) is 9.59 Å². The lowest BCUT2D eigenvalue weighted by Gasteiger charge is -2.56. The van der Waals surface area contributed by atoms with Crippen molar-refractivity contribution in [3.05, 3.63) is 11.1 Å². The van der Waals surface area contributed by atoms with Crippen LogP contribution in [0.4, 0.5) is 0 Å². The Kier molecular flexibility index (Phi) is 2.65. The van der Waals surface area contributed by atoms with Crippen LogP contribution in [0.2, 0.25) is 0 Å². The van der Waals surface area contributed by atoms with E-state index in [0.717, 1.165) is 18.4 Å². The second kappa shape index (κ2) is 3.92. The van der Waals surface area contributed by atoms with Crippen molar-refractivity contribution in [1.29, 1.82) is 0 Å². The monoisotopic (exact) mass is 264 g/mol. The first kappa shape index (κ1) is 12.9. The fraction of sp³-hybridized carbons (Fsp3) is 0.733. The third-order valence-electron chi connectivity index (χ3n) is 5.53. The smallest absolute Gasteiger partial charge is 0.310 e. The molecule has 1 aliphatic heterocycles. The summed E-state index contributed by atoms with van der Waals surface area (Å²) in [6.45, 7) is 5.87. The van der Waals surface area contributed by atoms with Crippen LogP contribution in [0.15, 0.2) is 11.1 Å². The van der Waals surface area contributed by atoms with Gasteiger partial charge in [0.2, 0.25) is 0 Å². The van der Waals surface area contributed by atoms with E-state index in [1.165, 1.54) is 0 Å². The standard InChI is InChI=1S/C15H20O4/c1-7-4-5-10-15(3)9(6-11(16)19-10)8(2)13(17)14(18)12(7)15/h7,10,12,14,18H,4-6H2,1-3H3/t7-,10+,12-,14+,15+/m1/s1. The van der Waals surface area contributed by atoms with Crippen molar-refractivity contribution in [3.63, 3.8) is 0 Å². The van der Waals surface area contributed by atoms with Gasteiger partial charge >= 0.3 is 5.97 Å². The van der Waals surface area contributed by atoms with Crippen LogP contribution in [0.3, 0.4) is 0 Å². The van der Waals surface area contributed by atoms with Gasteiger partial charge in [0, 0.05) is 11.3 Å². The SMILES string of the molecule is CC1=C2CC(=O)O[C@H]3CC[C@@H](C)[C@H]([C@H](O)C1=O)[C@@]23C. The Morgan fingerprint density at radius 1 is 1.32 bits per heavy atom. The Morgan fingerprint density at radius 2 is 2.00 bits per heavy atom. The molecule has 2 aliphatic carbocycles. The van der Waals surface area contributed by atoms with Gasteiger partial charge in [-0.25, -0.2) is 0 Å². The quantitative estimate of drug-likeness (QED) is 0.675. The number of ether oxygens (including phenoxy) is 1. The second-order valence-electron chi connectivity index (χ2n) is 6.43. The van der Waals surface area contributed by atoms with Gasteiger partial charge in [-0.1, -0.05) is 13.8 Å². The molecule has 1 saturated carbocycles. The Labute approximate surface area is 112 Å². The lowest BCUT2D eigenvalue weighted by Crippen LogP contribution is -2.60. The molecule has 0 spiro atoms. The third-order valence-corrected chi connectivity index (χ3v) is 5.53. The molecule has 4 nitrogen and oxygen atoms in total. The molecule has 3 rings (SSSR count). The van der Waals surface area contributed by atoms with E-state index in [1.807, 2.05) is 0 Å². The van der Waals surface area contributed by atoms with Crippen molar-refractivity contribution in [2.45, 2.75) is 52.2 Å². The van der Waals surface area contributed by atoms with Gasteiger partial charge in [0.15, 0.2) is 5.78 Å². The Balaban J connectivity index is 2.20.